The molecule has 1 aromatic carbocycles. The molecule has 0 aliphatic heterocycles. The van der Waals surface area contributed by atoms with E-state index in [4.69, 9.17) is 6.42 Å². The standard InChI is InChI=1S/C16H20N2O3/c1-5-7-12(6-2)17-16(21)18-14-11(4)8-10(3)9-13(14)15(19)20/h2,8-9,12H,5,7H2,1,3-4H3,(H,19,20)(H2,17,18,21). The second-order valence-electron chi connectivity index (χ2n) is 4.92. The Morgan fingerprint density at radius 3 is 2.57 bits per heavy atom. The van der Waals surface area contributed by atoms with E-state index in [1.54, 1.807) is 13.8 Å². The third-order valence-corrected chi connectivity index (χ3v) is 3.03. The maximum Gasteiger partial charge on any atom is 0.337 e. The number of nitrogens with one attached hydrogen (secondary N) is 2. The van der Waals surface area contributed by atoms with E-state index in [0.29, 0.717) is 12.0 Å². The number of carboxylic acid groups (broad SMARTS) is 1. The lowest BCUT2D eigenvalue weighted by Crippen LogP contribution is -2.37. The first-order chi connectivity index (χ1) is 9.88. The lowest BCUT2D eigenvalue weighted by Gasteiger charge is -2.16. The maximum absolute atomic E-state index is 12.0. The summed E-state index contributed by atoms with van der Waals surface area (Å²) in [5, 5.41) is 14.5. The molecule has 21 heavy (non-hydrogen) atoms. The summed E-state index contributed by atoms with van der Waals surface area (Å²) < 4.78 is 0. The zero-order chi connectivity index (χ0) is 16.0. The van der Waals surface area contributed by atoms with Crippen LogP contribution in [0, 0.1) is 26.2 Å². The van der Waals surface area contributed by atoms with Crippen molar-refractivity contribution in [2.45, 2.75) is 39.7 Å². The Bertz CT molecular complexity index is 588. The molecule has 0 aromatic heterocycles. The van der Waals surface area contributed by atoms with Gasteiger partial charge in [-0.15, -0.1) is 6.42 Å². The van der Waals surface area contributed by atoms with E-state index in [-0.39, 0.29) is 17.3 Å². The highest BCUT2D eigenvalue weighted by Crippen LogP contribution is 2.22. The molecule has 0 spiro atoms. The molecule has 0 aliphatic carbocycles. The minimum Gasteiger partial charge on any atom is -0.478 e. The highest BCUT2D eigenvalue weighted by Gasteiger charge is 2.16. The number of aryl methyl sites for hydroxylation is 2. The molecule has 0 bridgehead atoms. The van der Waals surface area contributed by atoms with Crippen molar-refractivity contribution < 1.29 is 14.7 Å². The fourth-order valence-corrected chi connectivity index (χ4v) is 2.10. The van der Waals surface area contributed by atoms with E-state index in [0.717, 1.165) is 12.0 Å². The Balaban J connectivity index is 2.95. The Morgan fingerprint density at radius 2 is 2.05 bits per heavy atom. The van der Waals surface area contributed by atoms with Crippen molar-refractivity contribution in [1.82, 2.24) is 5.32 Å². The zero-order valence-electron chi connectivity index (χ0n) is 12.5. The van der Waals surface area contributed by atoms with Crippen molar-refractivity contribution in [2.75, 3.05) is 5.32 Å². The predicted octanol–water partition coefficient (Wildman–Crippen LogP) is 2.93. The van der Waals surface area contributed by atoms with E-state index in [1.807, 2.05) is 13.0 Å². The van der Waals surface area contributed by atoms with E-state index in [1.165, 1.54) is 6.07 Å². The van der Waals surface area contributed by atoms with Gasteiger partial charge < -0.3 is 15.7 Å². The quantitative estimate of drug-likeness (QED) is 0.729. The second-order valence-corrected chi connectivity index (χ2v) is 4.92. The second kappa shape index (κ2) is 7.34. The number of rotatable bonds is 5. The largest absolute Gasteiger partial charge is 0.478 e. The van der Waals surface area contributed by atoms with Gasteiger partial charge in [-0.2, -0.15) is 0 Å². The van der Waals surface area contributed by atoms with Gasteiger partial charge in [0.1, 0.15) is 0 Å². The third-order valence-electron chi connectivity index (χ3n) is 3.03. The van der Waals surface area contributed by atoms with Crippen LogP contribution in [0.25, 0.3) is 0 Å². The van der Waals surface area contributed by atoms with E-state index < -0.39 is 12.0 Å². The third kappa shape index (κ3) is 4.53. The molecule has 0 saturated heterocycles. The van der Waals surface area contributed by atoms with Gasteiger partial charge in [0.2, 0.25) is 0 Å². The van der Waals surface area contributed by atoms with E-state index in [9.17, 15) is 14.7 Å². The molecule has 1 aromatic rings. The molecule has 0 fully saturated rings. The normalized spacial score (nSPS) is 11.3. The maximum atomic E-state index is 12.0. The Morgan fingerprint density at radius 1 is 1.38 bits per heavy atom. The minimum atomic E-state index is -1.08. The molecule has 2 amide bonds. The number of urea groups is 1. The molecule has 0 saturated carbocycles. The zero-order valence-corrected chi connectivity index (χ0v) is 12.5. The highest BCUT2D eigenvalue weighted by molar-refractivity contribution is 6.01. The average Bonchev–Trinajstić information content (AvgIpc) is 2.40. The van der Waals surface area contributed by atoms with Crippen LogP contribution in [0.15, 0.2) is 12.1 Å². The summed E-state index contributed by atoms with van der Waals surface area (Å²) in [7, 11) is 0. The number of amides is 2. The summed E-state index contributed by atoms with van der Waals surface area (Å²) in [6, 6.07) is 2.47. The fourth-order valence-electron chi connectivity index (χ4n) is 2.10. The molecule has 1 atom stereocenters. The van der Waals surface area contributed by atoms with Gasteiger partial charge in [0.15, 0.2) is 0 Å². The van der Waals surface area contributed by atoms with Gasteiger partial charge in [-0.1, -0.05) is 25.3 Å². The van der Waals surface area contributed by atoms with Crippen LogP contribution in [0.2, 0.25) is 0 Å². The number of carbonyl (C=O) groups excluding carboxylic acids is 1. The molecule has 112 valence electrons. The Hall–Kier alpha value is -2.48. The first-order valence-electron chi connectivity index (χ1n) is 6.77. The molecule has 0 aliphatic rings. The number of carboxylic acids is 1. The fraction of sp³-hybridized carbons (Fsp3) is 0.375. The van der Waals surface area contributed by atoms with Crippen molar-refractivity contribution >= 4 is 17.7 Å². The van der Waals surface area contributed by atoms with Gasteiger partial charge in [-0.3, -0.25) is 0 Å². The number of hydrogen-bond donors (Lipinski definition) is 3. The molecule has 1 rings (SSSR count). The van der Waals surface area contributed by atoms with Crippen LogP contribution in [0.3, 0.4) is 0 Å². The summed E-state index contributed by atoms with van der Waals surface area (Å²) in [5.41, 5.74) is 1.87. The van der Waals surface area contributed by atoms with Crippen molar-refractivity contribution in [2.24, 2.45) is 0 Å². The Labute approximate surface area is 124 Å². The van der Waals surface area contributed by atoms with Crippen LogP contribution in [0.1, 0.15) is 41.3 Å². The average molecular weight is 288 g/mol. The lowest BCUT2D eigenvalue weighted by molar-refractivity contribution is 0.0698. The van der Waals surface area contributed by atoms with Gasteiger partial charge in [0.25, 0.3) is 0 Å². The van der Waals surface area contributed by atoms with Crippen LogP contribution in [0.5, 0.6) is 0 Å². The van der Waals surface area contributed by atoms with Gasteiger partial charge >= 0.3 is 12.0 Å². The smallest absolute Gasteiger partial charge is 0.337 e. The molecule has 5 nitrogen and oxygen atoms in total. The molecule has 5 heteroatoms. The number of aromatic carboxylic acids is 1. The van der Waals surface area contributed by atoms with Crippen molar-refractivity contribution in [3.8, 4) is 12.3 Å². The number of benzene rings is 1. The van der Waals surface area contributed by atoms with Gasteiger partial charge in [-0.25, -0.2) is 9.59 Å². The van der Waals surface area contributed by atoms with Crippen LogP contribution in [-0.4, -0.2) is 23.1 Å². The first kappa shape index (κ1) is 16.6. The summed E-state index contributed by atoms with van der Waals surface area (Å²) in [4.78, 5) is 23.2. The molecule has 3 N–H and O–H groups in total. The monoisotopic (exact) mass is 288 g/mol. The summed E-state index contributed by atoms with van der Waals surface area (Å²) in [6.07, 6.45) is 6.86. The predicted molar refractivity (Wildman–Crippen MR) is 82.6 cm³/mol. The van der Waals surface area contributed by atoms with Crippen LogP contribution in [0.4, 0.5) is 10.5 Å². The van der Waals surface area contributed by atoms with E-state index >= 15 is 0 Å². The SMILES string of the molecule is C#CC(CCC)NC(=O)Nc1c(C)cc(C)cc1C(=O)O. The Kier molecular flexibility index (Phi) is 5.79. The van der Waals surface area contributed by atoms with Gasteiger partial charge in [0, 0.05) is 0 Å². The summed E-state index contributed by atoms with van der Waals surface area (Å²) >= 11 is 0. The molecule has 1 unspecified atom stereocenters. The van der Waals surface area contributed by atoms with Gasteiger partial charge in [-0.05, 0) is 37.5 Å². The summed E-state index contributed by atoms with van der Waals surface area (Å²) in [6.45, 7) is 5.52. The molecular formula is C16H20N2O3. The van der Waals surface area contributed by atoms with Crippen LogP contribution in [-0.2, 0) is 0 Å². The van der Waals surface area contributed by atoms with Crippen molar-refractivity contribution in [1.29, 1.82) is 0 Å². The summed E-state index contributed by atoms with van der Waals surface area (Å²) in [5.74, 6) is 1.41. The van der Waals surface area contributed by atoms with Crippen LogP contribution < -0.4 is 10.6 Å². The van der Waals surface area contributed by atoms with Crippen molar-refractivity contribution in [3.63, 3.8) is 0 Å². The topological polar surface area (TPSA) is 78.4 Å². The highest BCUT2D eigenvalue weighted by atomic mass is 16.4. The first-order valence-corrected chi connectivity index (χ1v) is 6.77. The number of carbonyl (C=O) groups is 2. The van der Waals surface area contributed by atoms with Crippen molar-refractivity contribution in [3.05, 3.63) is 28.8 Å². The number of hydrogen-bond acceptors (Lipinski definition) is 2. The van der Waals surface area contributed by atoms with Crippen LogP contribution >= 0.6 is 0 Å². The molecular weight excluding hydrogens is 268 g/mol. The van der Waals surface area contributed by atoms with E-state index in [2.05, 4.69) is 16.6 Å². The minimum absolute atomic E-state index is 0.0652. The lowest BCUT2D eigenvalue weighted by atomic mass is 10.0. The number of terminal acetylenes is 1. The molecule has 0 radical (unpaired) electrons. The molecule has 0 heterocycles. The number of anilines is 1. The van der Waals surface area contributed by atoms with Gasteiger partial charge in [0.05, 0.1) is 17.3 Å².